The number of hydrogen-bond donors (Lipinski definition) is 2. The van der Waals surface area contributed by atoms with Gasteiger partial charge in [-0.25, -0.2) is 8.42 Å². The van der Waals surface area contributed by atoms with Crippen molar-refractivity contribution in [2.45, 2.75) is 38.2 Å². The topological polar surface area (TPSA) is 66.4 Å². The second-order valence-corrected chi connectivity index (χ2v) is 8.11. The Kier molecular flexibility index (Phi) is 4.98. The molecule has 1 aromatic carbocycles. The molecule has 2 N–H and O–H groups in total. The molecule has 1 atom stereocenters. The molecule has 0 radical (unpaired) electrons. The van der Waals surface area contributed by atoms with Crippen molar-refractivity contribution in [1.82, 2.24) is 0 Å². The zero-order valence-corrected chi connectivity index (χ0v) is 12.8. The Morgan fingerprint density at radius 2 is 1.74 bits per heavy atom. The maximum atomic E-state index is 11.3. The number of aliphatic hydroxyl groups is 1. The highest BCUT2D eigenvalue weighted by Gasteiger charge is 2.16. The predicted molar refractivity (Wildman–Crippen MR) is 78.1 cm³/mol. The van der Waals surface area contributed by atoms with Crippen LogP contribution in [0.4, 0.5) is 5.69 Å². The van der Waals surface area contributed by atoms with Crippen LogP contribution in [0.1, 0.15) is 27.2 Å². The molecule has 1 rings (SSSR count). The molecular formula is C14H23NO3S. The molecule has 0 aliphatic rings. The number of benzene rings is 1. The molecule has 19 heavy (non-hydrogen) atoms. The zero-order valence-electron chi connectivity index (χ0n) is 12.0. The third-order valence-electron chi connectivity index (χ3n) is 2.67. The number of sulfone groups is 1. The second-order valence-electron chi connectivity index (χ2n) is 6.10. The van der Waals surface area contributed by atoms with Crippen LogP contribution in [0.15, 0.2) is 29.2 Å². The third-order valence-corrected chi connectivity index (χ3v) is 3.80. The molecule has 0 amide bonds. The van der Waals surface area contributed by atoms with Crippen LogP contribution in [0.25, 0.3) is 0 Å². The Morgan fingerprint density at radius 3 is 2.16 bits per heavy atom. The SMILES string of the molecule is CC(C)(C)CC(O)CNc1ccc(S(C)(=O)=O)cc1. The first-order valence-corrected chi connectivity index (χ1v) is 8.19. The van der Waals surface area contributed by atoms with Crippen molar-refractivity contribution >= 4 is 15.5 Å². The lowest BCUT2D eigenvalue weighted by Gasteiger charge is -2.22. The minimum Gasteiger partial charge on any atom is -0.391 e. The molecule has 0 aromatic heterocycles. The van der Waals surface area contributed by atoms with Crippen molar-refractivity contribution in [2.24, 2.45) is 5.41 Å². The van der Waals surface area contributed by atoms with Crippen molar-refractivity contribution in [3.8, 4) is 0 Å². The summed E-state index contributed by atoms with van der Waals surface area (Å²) in [6.07, 6.45) is 1.47. The fourth-order valence-corrected chi connectivity index (χ4v) is 2.47. The summed E-state index contributed by atoms with van der Waals surface area (Å²) in [5.74, 6) is 0. The molecule has 0 bridgehead atoms. The van der Waals surface area contributed by atoms with Gasteiger partial charge in [-0.05, 0) is 36.1 Å². The van der Waals surface area contributed by atoms with Gasteiger partial charge in [0.15, 0.2) is 9.84 Å². The summed E-state index contributed by atoms with van der Waals surface area (Å²) >= 11 is 0. The van der Waals surface area contributed by atoms with Crippen molar-refractivity contribution in [3.05, 3.63) is 24.3 Å². The van der Waals surface area contributed by atoms with Gasteiger partial charge in [0.1, 0.15) is 0 Å². The molecule has 0 aliphatic carbocycles. The molecule has 5 heteroatoms. The van der Waals surface area contributed by atoms with Gasteiger partial charge in [-0.3, -0.25) is 0 Å². The highest BCUT2D eigenvalue weighted by Crippen LogP contribution is 2.21. The average Bonchev–Trinajstić information content (AvgIpc) is 2.23. The summed E-state index contributed by atoms with van der Waals surface area (Å²) in [6, 6.07) is 6.54. The van der Waals surface area contributed by atoms with E-state index in [0.29, 0.717) is 17.9 Å². The first kappa shape index (κ1) is 16.0. The maximum absolute atomic E-state index is 11.3. The summed E-state index contributed by atoms with van der Waals surface area (Å²) < 4.78 is 22.6. The average molecular weight is 285 g/mol. The molecule has 1 unspecified atom stereocenters. The van der Waals surface area contributed by atoms with Crippen molar-refractivity contribution in [1.29, 1.82) is 0 Å². The van der Waals surface area contributed by atoms with Gasteiger partial charge in [-0.2, -0.15) is 0 Å². The quantitative estimate of drug-likeness (QED) is 0.871. The molecule has 0 fully saturated rings. The van der Waals surface area contributed by atoms with E-state index < -0.39 is 15.9 Å². The summed E-state index contributed by atoms with van der Waals surface area (Å²) in [5, 5.41) is 13.0. The summed E-state index contributed by atoms with van der Waals surface area (Å²) in [5.41, 5.74) is 0.890. The van der Waals surface area contributed by atoms with E-state index in [0.717, 1.165) is 5.69 Å². The minimum atomic E-state index is -3.15. The zero-order chi connectivity index (χ0) is 14.7. The number of nitrogens with one attached hydrogen (secondary N) is 1. The molecule has 108 valence electrons. The van der Waals surface area contributed by atoms with Crippen molar-refractivity contribution in [3.63, 3.8) is 0 Å². The predicted octanol–water partition coefficient (Wildman–Crippen LogP) is 2.30. The summed E-state index contributed by atoms with van der Waals surface area (Å²) in [4.78, 5) is 0.299. The second kappa shape index (κ2) is 5.92. The lowest BCUT2D eigenvalue weighted by Crippen LogP contribution is -2.25. The number of aliphatic hydroxyl groups excluding tert-OH is 1. The van der Waals surface area contributed by atoms with Crippen LogP contribution in [0.5, 0.6) is 0 Å². The fraction of sp³-hybridized carbons (Fsp3) is 0.571. The van der Waals surface area contributed by atoms with E-state index in [4.69, 9.17) is 0 Å². The molecule has 0 saturated heterocycles. The van der Waals surface area contributed by atoms with Crippen LogP contribution in [0.2, 0.25) is 0 Å². The van der Waals surface area contributed by atoms with E-state index in [9.17, 15) is 13.5 Å². The first-order valence-electron chi connectivity index (χ1n) is 6.30. The van der Waals surface area contributed by atoms with Gasteiger partial charge >= 0.3 is 0 Å². The van der Waals surface area contributed by atoms with Crippen LogP contribution in [0, 0.1) is 5.41 Å². The standard InChI is InChI=1S/C14H23NO3S/c1-14(2,3)9-12(16)10-15-11-5-7-13(8-6-11)19(4,17)18/h5-8,12,15-16H,9-10H2,1-4H3. The molecular weight excluding hydrogens is 262 g/mol. The van der Waals surface area contributed by atoms with Gasteiger partial charge in [-0.1, -0.05) is 20.8 Å². The summed E-state index contributed by atoms with van der Waals surface area (Å²) in [6.45, 7) is 6.70. The highest BCUT2D eigenvalue weighted by atomic mass is 32.2. The van der Waals surface area contributed by atoms with Gasteiger partial charge in [-0.15, -0.1) is 0 Å². The molecule has 1 aromatic rings. The Labute approximate surface area is 115 Å². The van der Waals surface area contributed by atoms with Gasteiger partial charge in [0.05, 0.1) is 11.0 Å². The smallest absolute Gasteiger partial charge is 0.175 e. The van der Waals surface area contributed by atoms with Crippen LogP contribution >= 0.6 is 0 Å². The van der Waals surface area contributed by atoms with Gasteiger partial charge in [0.2, 0.25) is 0 Å². The normalized spacial score (nSPS) is 14.2. The minimum absolute atomic E-state index is 0.0846. The molecule has 4 nitrogen and oxygen atoms in total. The molecule has 0 saturated carbocycles. The molecule has 0 heterocycles. The number of hydrogen-bond acceptors (Lipinski definition) is 4. The highest BCUT2D eigenvalue weighted by molar-refractivity contribution is 7.90. The van der Waals surface area contributed by atoms with E-state index in [2.05, 4.69) is 26.1 Å². The van der Waals surface area contributed by atoms with Gasteiger partial charge in [0, 0.05) is 18.5 Å². The van der Waals surface area contributed by atoms with Gasteiger partial charge in [0.25, 0.3) is 0 Å². The van der Waals surface area contributed by atoms with Gasteiger partial charge < -0.3 is 10.4 Å². The Hall–Kier alpha value is -1.07. The van der Waals surface area contributed by atoms with E-state index in [1.54, 1.807) is 24.3 Å². The van der Waals surface area contributed by atoms with Crippen molar-refractivity contribution in [2.75, 3.05) is 18.1 Å². The van der Waals surface area contributed by atoms with Crippen LogP contribution in [0.3, 0.4) is 0 Å². The van der Waals surface area contributed by atoms with E-state index in [-0.39, 0.29) is 5.41 Å². The Bertz CT molecular complexity index is 500. The summed E-state index contributed by atoms with van der Waals surface area (Å²) in [7, 11) is -3.15. The van der Waals surface area contributed by atoms with Crippen LogP contribution in [-0.4, -0.2) is 32.4 Å². The lowest BCUT2D eigenvalue weighted by atomic mass is 9.89. The molecule has 0 spiro atoms. The Balaban J connectivity index is 2.55. The number of anilines is 1. The monoisotopic (exact) mass is 285 g/mol. The lowest BCUT2D eigenvalue weighted by molar-refractivity contribution is 0.132. The molecule has 0 aliphatic heterocycles. The van der Waals surface area contributed by atoms with Crippen LogP contribution < -0.4 is 5.32 Å². The Morgan fingerprint density at radius 1 is 1.21 bits per heavy atom. The first-order chi connectivity index (χ1) is 8.58. The van der Waals surface area contributed by atoms with Crippen molar-refractivity contribution < 1.29 is 13.5 Å². The van der Waals surface area contributed by atoms with E-state index in [1.807, 2.05) is 0 Å². The third kappa shape index (κ3) is 6.07. The van der Waals surface area contributed by atoms with E-state index in [1.165, 1.54) is 6.26 Å². The van der Waals surface area contributed by atoms with Crippen LogP contribution in [-0.2, 0) is 9.84 Å². The fourth-order valence-electron chi connectivity index (χ4n) is 1.83. The maximum Gasteiger partial charge on any atom is 0.175 e. The number of rotatable bonds is 5. The van der Waals surface area contributed by atoms with E-state index >= 15 is 0 Å². The largest absolute Gasteiger partial charge is 0.391 e.